The third kappa shape index (κ3) is 0.937. The maximum Gasteiger partial charge on any atom is 0.0326 e. The van der Waals surface area contributed by atoms with Gasteiger partial charge in [-0.1, -0.05) is 22.4 Å². The third-order valence-corrected chi connectivity index (χ3v) is 4.65. The number of unbranched alkanes of at least 4 members (excludes halogenated alkanes) is 1. The number of hydrogen-bond acceptors (Lipinski definition) is 0. The average molecular weight is 224 g/mol. The van der Waals surface area contributed by atoms with Gasteiger partial charge in [-0.15, -0.1) is 11.6 Å². The second kappa shape index (κ2) is 2.13. The predicted molar refractivity (Wildman–Crippen MR) is 47.9 cm³/mol. The second-order valence-electron chi connectivity index (χ2n) is 3.75. The molecule has 0 heterocycles. The molecule has 0 atom stereocenters. The van der Waals surface area contributed by atoms with Gasteiger partial charge in [-0.25, -0.2) is 0 Å². The molecule has 2 fully saturated rings. The first-order valence-corrected chi connectivity index (χ1v) is 5.30. The molecule has 58 valence electrons. The molecule has 0 aromatic heterocycles. The van der Waals surface area contributed by atoms with Crippen LogP contribution in [-0.4, -0.2) is 10.2 Å². The van der Waals surface area contributed by atoms with E-state index in [9.17, 15) is 0 Å². The molecule has 10 heavy (non-hydrogen) atoms. The maximum absolute atomic E-state index is 5.59. The normalized spacial score (nSPS) is 48.6. The number of rotatable bonds is 4. The van der Waals surface area contributed by atoms with Gasteiger partial charge in [-0.3, -0.25) is 0 Å². The van der Waals surface area contributed by atoms with Crippen LogP contribution in [0.5, 0.6) is 0 Å². The van der Waals surface area contributed by atoms with E-state index >= 15 is 0 Å². The van der Waals surface area contributed by atoms with Gasteiger partial charge in [0.1, 0.15) is 0 Å². The van der Waals surface area contributed by atoms with Gasteiger partial charge < -0.3 is 0 Å². The van der Waals surface area contributed by atoms with Crippen LogP contribution in [0.1, 0.15) is 32.1 Å². The second-order valence-corrected chi connectivity index (χ2v) is 5.64. The molecule has 2 rings (SSSR count). The van der Waals surface area contributed by atoms with Gasteiger partial charge in [0.2, 0.25) is 0 Å². The molecule has 2 heteroatoms. The fraction of sp³-hybridized carbons (Fsp3) is 1.00. The topological polar surface area (TPSA) is 0 Å². The Kier molecular flexibility index (Phi) is 1.58. The van der Waals surface area contributed by atoms with E-state index in [1.165, 1.54) is 32.1 Å². The van der Waals surface area contributed by atoms with Gasteiger partial charge in [-0.05, 0) is 31.1 Å². The van der Waals surface area contributed by atoms with Crippen molar-refractivity contribution in [2.45, 2.75) is 36.4 Å². The average Bonchev–Trinajstić information content (AvgIpc) is 2.54. The highest BCUT2D eigenvalue weighted by Crippen LogP contribution is 2.85. The summed E-state index contributed by atoms with van der Waals surface area (Å²) in [6, 6.07) is 0. The molecule has 0 saturated heterocycles. The van der Waals surface area contributed by atoms with Gasteiger partial charge in [0.15, 0.2) is 0 Å². The Labute approximate surface area is 75.5 Å². The van der Waals surface area contributed by atoms with E-state index < -0.39 is 0 Å². The lowest BCUT2D eigenvalue weighted by atomic mass is 10.1. The first-order valence-electron chi connectivity index (χ1n) is 3.97. The largest absolute Gasteiger partial charge is 0.127 e. The molecule has 2 saturated carbocycles. The third-order valence-electron chi connectivity index (χ3n) is 2.98. The monoisotopic (exact) mass is 222 g/mol. The van der Waals surface area contributed by atoms with E-state index in [1.807, 2.05) is 0 Å². The van der Waals surface area contributed by atoms with Crippen molar-refractivity contribution in [2.75, 3.05) is 5.88 Å². The summed E-state index contributed by atoms with van der Waals surface area (Å²) in [6.45, 7) is 0. The van der Waals surface area contributed by atoms with Crippen molar-refractivity contribution in [3.63, 3.8) is 0 Å². The summed E-state index contributed by atoms with van der Waals surface area (Å²) in [7, 11) is 0. The zero-order chi connectivity index (χ0) is 7.24. The highest BCUT2D eigenvalue weighted by atomic mass is 79.9. The van der Waals surface area contributed by atoms with Crippen molar-refractivity contribution in [1.82, 2.24) is 0 Å². The molecule has 2 aliphatic carbocycles. The molecule has 0 amide bonds. The Bertz CT molecular complexity index is 149. The Hall–Kier alpha value is 0.770. The number of hydrogen-bond donors (Lipinski definition) is 0. The summed E-state index contributed by atoms with van der Waals surface area (Å²) >= 11 is 9.32. The Balaban J connectivity index is 1.66. The molecular formula is C8H12BrCl. The fourth-order valence-electron chi connectivity index (χ4n) is 1.89. The molecule has 0 aromatic carbocycles. The molecule has 0 bridgehead atoms. The van der Waals surface area contributed by atoms with Crippen molar-refractivity contribution in [3.05, 3.63) is 0 Å². The van der Waals surface area contributed by atoms with Crippen LogP contribution in [0.2, 0.25) is 0 Å². The molecule has 0 aromatic rings. The molecular weight excluding hydrogens is 211 g/mol. The lowest BCUT2D eigenvalue weighted by Gasteiger charge is -1.98. The Morgan fingerprint density at radius 1 is 1.30 bits per heavy atom. The van der Waals surface area contributed by atoms with Gasteiger partial charge in [0.05, 0.1) is 0 Å². The summed E-state index contributed by atoms with van der Waals surface area (Å²) in [5.74, 6) is 0.839. The minimum atomic E-state index is 0.631. The van der Waals surface area contributed by atoms with Crippen molar-refractivity contribution in [2.24, 2.45) is 5.41 Å². The molecule has 0 spiro atoms. The van der Waals surface area contributed by atoms with Crippen molar-refractivity contribution < 1.29 is 0 Å². The minimum Gasteiger partial charge on any atom is -0.127 e. The van der Waals surface area contributed by atoms with Gasteiger partial charge >= 0.3 is 0 Å². The number of fused-ring (bicyclic) bond motifs is 1. The van der Waals surface area contributed by atoms with Crippen molar-refractivity contribution in [3.8, 4) is 0 Å². The molecule has 0 radical (unpaired) electrons. The van der Waals surface area contributed by atoms with Crippen LogP contribution >= 0.6 is 27.5 Å². The zero-order valence-electron chi connectivity index (χ0n) is 6.00. The van der Waals surface area contributed by atoms with E-state index in [0.29, 0.717) is 4.32 Å². The first kappa shape index (κ1) is 7.42. The van der Waals surface area contributed by atoms with Crippen LogP contribution in [0.4, 0.5) is 0 Å². The quantitative estimate of drug-likeness (QED) is 0.507. The summed E-state index contributed by atoms with van der Waals surface area (Å²) in [6.07, 6.45) is 6.80. The van der Waals surface area contributed by atoms with Crippen LogP contribution in [-0.2, 0) is 0 Å². The number of alkyl halides is 2. The SMILES string of the molecule is ClCCCCC12CC1(Br)C2. The van der Waals surface area contributed by atoms with Crippen LogP contribution < -0.4 is 0 Å². The molecule has 0 nitrogen and oxygen atoms in total. The smallest absolute Gasteiger partial charge is 0.0326 e. The lowest BCUT2D eigenvalue weighted by molar-refractivity contribution is 0.551. The summed E-state index contributed by atoms with van der Waals surface area (Å²) in [5, 5.41) is 0. The van der Waals surface area contributed by atoms with Crippen LogP contribution in [0, 0.1) is 5.41 Å². The maximum atomic E-state index is 5.59. The van der Waals surface area contributed by atoms with E-state index in [2.05, 4.69) is 15.9 Å². The number of halogens is 2. The van der Waals surface area contributed by atoms with E-state index in [-0.39, 0.29) is 0 Å². The highest BCUT2D eigenvalue weighted by Gasteiger charge is 2.80. The summed E-state index contributed by atoms with van der Waals surface area (Å²) < 4.78 is 0.631. The van der Waals surface area contributed by atoms with E-state index in [4.69, 9.17) is 11.6 Å². The van der Waals surface area contributed by atoms with E-state index in [0.717, 1.165) is 11.3 Å². The molecule has 0 N–H and O–H groups in total. The van der Waals surface area contributed by atoms with Gasteiger partial charge in [0, 0.05) is 10.2 Å². The zero-order valence-corrected chi connectivity index (χ0v) is 8.34. The predicted octanol–water partition coefficient (Wildman–Crippen LogP) is 3.32. The summed E-state index contributed by atoms with van der Waals surface area (Å²) in [5.41, 5.74) is 0.763. The van der Waals surface area contributed by atoms with Crippen LogP contribution in [0.3, 0.4) is 0 Å². The molecule has 2 aliphatic rings. The van der Waals surface area contributed by atoms with Crippen LogP contribution in [0.25, 0.3) is 0 Å². The fourth-order valence-corrected chi connectivity index (χ4v) is 3.35. The van der Waals surface area contributed by atoms with Gasteiger partial charge in [-0.2, -0.15) is 0 Å². The summed E-state index contributed by atoms with van der Waals surface area (Å²) in [4.78, 5) is 0. The van der Waals surface area contributed by atoms with Crippen molar-refractivity contribution in [1.29, 1.82) is 0 Å². The van der Waals surface area contributed by atoms with Crippen LogP contribution in [0.15, 0.2) is 0 Å². The van der Waals surface area contributed by atoms with Crippen molar-refractivity contribution >= 4 is 27.5 Å². The minimum absolute atomic E-state index is 0.631. The Morgan fingerprint density at radius 2 is 1.90 bits per heavy atom. The standard InChI is InChI=1S/C8H12BrCl/c9-8-5-7(8,6-8)3-1-2-4-10/h1-6H2. The first-order chi connectivity index (χ1) is 4.72. The lowest BCUT2D eigenvalue weighted by Crippen LogP contribution is -1.86. The van der Waals surface area contributed by atoms with Gasteiger partial charge in [0.25, 0.3) is 0 Å². The van der Waals surface area contributed by atoms with E-state index in [1.54, 1.807) is 0 Å². The molecule has 0 unspecified atom stereocenters. The molecule has 0 aliphatic heterocycles. The highest BCUT2D eigenvalue weighted by molar-refractivity contribution is 9.10. The Morgan fingerprint density at radius 3 is 2.30 bits per heavy atom.